The topological polar surface area (TPSA) is 163 Å². The van der Waals surface area contributed by atoms with Crippen molar-refractivity contribution in [2.75, 3.05) is 0 Å². The molecule has 1 N–H and O–H groups in total. The van der Waals surface area contributed by atoms with Crippen LogP contribution in [0.5, 0.6) is 0 Å². The number of nitrogens with zero attached hydrogens (tertiary/aromatic N) is 7. The third-order valence-corrected chi connectivity index (χ3v) is 2.89. The Labute approximate surface area is 127 Å². The van der Waals surface area contributed by atoms with Crippen LogP contribution in [0.1, 0.15) is 16.2 Å². The van der Waals surface area contributed by atoms with Crippen molar-refractivity contribution in [3.8, 4) is 0 Å². The number of rotatable bonds is 5. The number of hydrazone groups is 1. The van der Waals surface area contributed by atoms with Crippen molar-refractivity contribution in [3.63, 3.8) is 0 Å². The summed E-state index contributed by atoms with van der Waals surface area (Å²) in [6, 6.07) is 0. The van der Waals surface area contributed by atoms with Crippen molar-refractivity contribution < 1.29 is 14.6 Å². The van der Waals surface area contributed by atoms with Crippen LogP contribution in [0.4, 0.5) is 11.9 Å². The normalized spacial score (nSPS) is 10.9. The van der Waals surface area contributed by atoms with Crippen molar-refractivity contribution >= 4 is 24.0 Å². The minimum absolute atomic E-state index is 0.0650. The Hall–Kier alpha value is -3.64. The van der Waals surface area contributed by atoms with E-state index in [1.165, 1.54) is 24.9 Å². The highest BCUT2D eigenvalue weighted by molar-refractivity contribution is 5.93. The smallest absolute Gasteiger partial charge is 0.390 e. The van der Waals surface area contributed by atoms with E-state index in [-0.39, 0.29) is 17.3 Å². The van der Waals surface area contributed by atoms with Crippen LogP contribution in [0, 0.1) is 20.2 Å². The molecule has 0 saturated heterocycles. The van der Waals surface area contributed by atoms with E-state index < -0.39 is 21.7 Å². The first-order valence-corrected chi connectivity index (χ1v) is 5.98. The number of amides is 1. The first-order valence-electron chi connectivity index (χ1n) is 5.98. The van der Waals surface area contributed by atoms with Gasteiger partial charge in [0.1, 0.15) is 6.20 Å². The zero-order valence-electron chi connectivity index (χ0n) is 11.9. The predicted molar refractivity (Wildman–Crippen MR) is 74.8 cm³/mol. The lowest BCUT2D eigenvalue weighted by atomic mass is 10.4. The Bertz CT molecular complexity index is 819. The van der Waals surface area contributed by atoms with E-state index in [4.69, 9.17) is 0 Å². The van der Waals surface area contributed by atoms with Crippen LogP contribution in [0.25, 0.3) is 0 Å². The Morgan fingerprint density at radius 2 is 1.74 bits per heavy atom. The summed E-state index contributed by atoms with van der Waals surface area (Å²) in [7, 11) is 2.73. The standard InChI is InChI=1S/C10H10N8O5/c1-15-6(3-11-9(15)17(20)21)4-13-14-8(19)7-5-12-10(16(7)2)18(22)23/h3-5H,1-2H3,(H,14,19). The number of hydrogen-bond acceptors (Lipinski definition) is 8. The lowest BCUT2D eigenvalue weighted by molar-refractivity contribution is -0.396. The van der Waals surface area contributed by atoms with Gasteiger partial charge in [-0.25, -0.2) is 14.6 Å². The zero-order valence-corrected chi connectivity index (χ0v) is 11.9. The summed E-state index contributed by atoms with van der Waals surface area (Å²) < 4.78 is 2.17. The van der Waals surface area contributed by atoms with Gasteiger partial charge in [-0.15, -0.1) is 0 Å². The molecule has 0 atom stereocenters. The average molecular weight is 322 g/mol. The van der Waals surface area contributed by atoms with Gasteiger partial charge in [0.05, 0.1) is 20.3 Å². The molecule has 0 radical (unpaired) electrons. The molecule has 0 bridgehead atoms. The van der Waals surface area contributed by atoms with E-state index in [9.17, 15) is 25.0 Å². The van der Waals surface area contributed by atoms with Gasteiger partial charge in [0.15, 0.2) is 11.9 Å². The number of nitrogens with one attached hydrogen (secondary N) is 1. The van der Waals surface area contributed by atoms with E-state index in [2.05, 4.69) is 20.5 Å². The number of carbonyl (C=O) groups is 1. The Morgan fingerprint density at radius 3 is 2.26 bits per heavy atom. The van der Waals surface area contributed by atoms with Crippen LogP contribution in [0.2, 0.25) is 0 Å². The van der Waals surface area contributed by atoms with Crippen LogP contribution in [0.15, 0.2) is 17.5 Å². The molecular weight excluding hydrogens is 312 g/mol. The summed E-state index contributed by atoms with van der Waals surface area (Å²) in [6.45, 7) is 0. The zero-order chi connectivity index (χ0) is 17.1. The maximum absolute atomic E-state index is 11.9. The molecule has 2 rings (SSSR count). The van der Waals surface area contributed by atoms with Gasteiger partial charge in [-0.05, 0) is 9.85 Å². The summed E-state index contributed by atoms with van der Waals surface area (Å²) in [5.41, 5.74) is 2.36. The summed E-state index contributed by atoms with van der Waals surface area (Å²) in [5.74, 6) is -1.58. The number of carbonyl (C=O) groups excluding carboxylic acids is 1. The van der Waals surface area contributed by atoms with Gasteiger partial charge in [0.25, 0.3) is 0 Å². The molecule has 13 nitrogen and oxygen atoms in total. The molecule has 0 aliphatic carbocycles. The first-order chi connectivity index (χ1) is 10.8. The second-order valence-corrected chi connectivity index (χ2v) is 4.26. The van der Waals surface area contributed by atoms with E-state index in [1.54, 1.807) is 0 Å². The largest absolute Gasteiger partial charge is 0.434 e. The van der Waals surface area contributed by atoms with E-state index >= 15 is 0 Å². The van der Waals surface area contributed by atoms with Crippen molar-refractivity contribution in [2.24, 2.45) is 19.2 Å². The predicted octanol–water partition coefficient (Wildman–Crippen LogP) is -0.266. The lowest BCUT2D eigenvalue weighted by Crippen LogP contribution is -2.21. The van der Waals surface area contributed by atoms with Crippen LogP contribution in [-0.4, -0.2) is 41.1 Å². The first kappa shape index (κ1) is 15.7. The Balaban J connectivity index is 2.10. The molecule has 23 heavy (non-hydrogen) atoms. The van der Waals surface area contributed by atoms with Gasteiger partial charge in [-0.3, -0.25) is 4.79 Å². The fourth-order valence-electron chi connectivity index (χ4n) is 1.70. The van der Waals surface area contributed by atoms with E-state index in [1.807, 2.05) is 0 Å². The maximum Gasteiger partial charge on any atom is 0.434 e. The molecule has 120 valence electrons. The van der Waals surface area contributed by atoms with Gasteiger partial charge < -0.3 is 20.2 Å². The van der Waals surface area contributed by atoms with Crippen LogP contribution < -0.4 is 5.43 Å². The molecule has 13 heteroatoms. The van der Waals surface area contributed by atoms with E-state index in [0.29, 0.717) is 0 Å². The number of nitro groups is 2. The van der Waals surface area contributed by atoms with Crippen molar-refractivity contribution in [3.05, 3.63) is 44.0 Å². The van der Waals surface area contributed by atoms with Gasteiger partial charge >= 0.3 is 17.8 Å². The molecule has 0 aliphatic rings. The van der Waals surface area contributed by atoms with Crippen molar-refractivity contribution in [1.82, 2.24) is 24.5 Å². The van der Waals surface area contributed by atoms with Crippen molar-refractivity contribution in [1.29, 1.82) is 0 Å². The number of aromatic nitrogens is 4. The molecule has 2 aromatic heterocycles. The fraction of sp³-hybridized carbons (Fsp3) is 0.200. The second kappa shape index (κ2) is 6.00. The van der Waals surface area contributed by atoms with Gasteiger partial charge in [-0.2, -0.15) is 5.10 Å². The third-order valence-electron chi connectivity index (χ3n) is 2.89. The maximum atomic E-state index is 11.9. The number of imidazole rings is 2. The number of hydrogen-bond donors (Lipinski definition) is 1. The second-order valence-electron chi connectivity index (χ2n) is 4.26. The highest BCUT2D eigenvalue weighted by Crippen LogP contribution is 2.10. The average Bonchev–Trinajstić information content (AvgIpc) is 3.02. The molecule has 0 unspecified atom stereocenters. The van der Waals surface area contributed by atoms with E-state index in [0.717, 1.165) is 17.0 Å². The van der Waals surface area contributed by atoms with Gasteiger partial charge in [0.2, 0.25) is 5.69 Å². The lowest BCUT2D eigenvalue weighted by Gasteiger charge is -1.98. The minimum atomic E-state index is -0.727. The van der Waals surface area contributed by atoms with Crippen LogP contribution in [-0.2, 0) is 14.1 Å². The van der Waals surface area contributed by atoms with Gasteiger partial charge in [0, 0.05) is 0 Å². The highest BCUT2D eigenvalue weighted by Gasteiger charge is 2.22. The van der Waals surface area contributed by atoms with Gasteiger partial charge in [-0.1, -0.05) is 9.97 Å². The van der Waals surface area contributed by atoms with Crippen molar-refractivity contribution in [2.45, 2.75) is 0 Å². The molecule has 0 aliphatic heterocycles. The van der Waals surface area contributed by atoms with Crippen LogP contribution >= 0.6 is 0 Å². The molecular formula is C10H10N8O5. The SMILES string of the molecule is Cn1c(C=NNC(=O)c2cnc([N+](=O)[O-])n2C)cnc1[N+](=O)[O-]. The Morgan fingerprint density at radius 1 is 1.17 bits per heavy atom. The molecule has 2 aromatic rings. The summed E-state index contributed by atoms with van der Waals surface area (Å²) in [6.07, 6.45) is 3.41. The molecule has 1 amide bonds. The molecule has 0 aromatic carbocycles. The summed E-state index contributed by atoms with van der Waals surface area (Å²) in [5, 5.41) is 24.9. The monoisotopic (exact) mass is 322 g/mol. The Kier molecular flexibility index (Phi) is 4.11. The summed E-state index contributed by atoms with van der Waals surface area (Å²) >= 11 is 0. The quantitative estimate of drug-likeness (QED) is 0.449. The molecule has 0 saturated carbocycles. The highest BCUT2D eigenvalue weighted by atomic mass is 16.6. The third kappa shape index (κ3) is 3.02. The fourth-order valence-corrected chi connectivity index (χ4v) is 1.70. The summed E-state index contributed by atoms with van der Waals surface area (Å²) in [4.78, 5) is 38.8. The molecule has 0 fully saturated rings. The minimum Gasteiger partial charge on any atom is -0.390 e. The molecule has 2 heterocycles. The van der Waals surface area contributed by atoms with Crippen LogP contribution in [0.3, 0.4) is 0 Å². The molecule has 0 spiro atoms.